The van der Waals surface area contributed by atoms with Crippen LogP contribution in [0, 0.1) is 6.92 Å². The number of rotatable bonds is 7. The van der Waals surface area contributed by atoms with Gasteiger partial charge in [0, 0.05) is 36.6 Å². The summed E-state index contributed by atoms with van der Waals surface area (Å²) in [6.45, 7) is 3.25. The lowest BCUT2D eigenvalue weighted by Crippen LogP contribution is -2.25. The Morgan fingerprint density at radius 3 is 2.78 bits per heavy atom. The van der Waals surface area contributed by atoms with Crippen molar-refractivity contribution >= 4 is 33.3 Å². The van der Waals surface area contributed by atoms with E-state index in [0.717, 1.165) is 16.6 Å². The predicted molar refractivity (Wildman–Crippen MR) is 95.2 cm³/mol. The second-order valence-electron chi connectivity index (χ2n) is 5.12. The first-order valence-corrected chi connectivity index (χ1v) is 8.16. The van der Waals surface area contributed by atoms with Gasteiger partial charge in [-0.05, 0) is 43.2 Å². The maximum Gasteiger partial charge on any atom is 0.252 e. The van der Waals surface area contributed by atoms with Crippen LogP contribution in [0.2, 0.25) is 0 Å². The molecule has 6 heteroatoms. The van der Waals surface area contributed by atoms with Crippen molar-refractivity contribution < 1.29 is 9.53 Å². The number of halogens is 1. The number of pyridine rings is 1. The molecule has 1 aromatic heterocycles. The van der Waals surface area contributed by atoms with Crippen molar-refractivity contribution in [1.29, 1.82) is 0 Å². The fraction of sp³-hybridized carbons (Fsp3) is 0.294. The number of carbonyl (C=O) groups is 1. The molecule has 2 aromatic rings. The van der Waals surface area contributed by atoms with Crippen LogP contribution in [-0.4, -0.2) is 31.2 Å². The topological polar surface area (TPSA) is 63.2 Å². The zero-order valence-electron chi connectivity index (χ0n) is 13.2. The van der Waals surface area contributed by atoms with Crippen LogP contribution in [0.3, 0.4) is 0 Å². The zero-order valence-corrected chi connectivity index (χ0v) is 14.8. The van der Waals surface area contributed by atoms with Gasteiger partial charge in [-0.1, -0.05) is 22.0 Å². The molecule has 23 heavy (non-hydrogen) atoms. The molecule has 122 valence electrons. The van der Waals surface area contributed by atoms with E-state index < -0.39 is 0 Å². The summed E-state index contributed by atoms with van der Waals surface area (Å²) < 4.78 is 5.98. The molecule has 2 N–H and O–H groups in total. The van der Waals surface area contributed by atoms with Gasteiger partial charge in [0.25, 0.3) is 5.91 Å². The van der Waals surface area contributed by atoms with Gasteiger partial charge in [0.1, 0.15) is 5.82 Å². The van der Waals surface area contributed by atoms with Gasteiger partial charge < -0.3 is 15.4 Å². The second-order valence-corrected chi connectivity index (χ2v) is 5.98. The van der Waals surface area contributed by atoms with Crippen molar-refractivity contribution in [2.45, 2.75) is 13.3 Å². The number of carbonyl (C=O) groups excluding carboxylic acids is 1. The quantitative estimate of drug-likeness (QED) is 0.722. The standard InChI is InChI=1S/C17H20BrN3O2/c1-12-4-6-14(10-15(12)18)21-16-7-5-13(11-20-16)17(22)19-8-3-9-23-2/h4-7,10-11H,3,8-9H2,1-2H3,(H,19,22)(H,20,21). The molecule has 2 rings (SSSR count). The molecule has 0 aliphatic carbocycles. The normalized spacial score (nSPS) is 10.4. The van der Waals surface area contributed by atoms with Crippen molar-refractivity contribution in [3.63, 3.8) is 0 Å². The summed E-state index contributed by atoms with van der Waals surface area (Å²) in [6.07, 6.45) is 2.36. The summed E-state index contributed by atoms with van der Waals surface area (Å²) in [5.74, 6) is 0.565. The summed E-state index contributed by atoms with van der Waals surface area (Å²) in [5.41, 5.74) is 2.65. The fourth-order valence-corrected chi connectivity index (χ4v) is 2.32. The molecule has 0 unspecified atom stereocenters. The molecule has 0 aliphatic heterocycles. The number of aromatic nitrogens is 1. The number of nitrogens with one attached hydrogen (secondary N) is 2. The summed E-state index contributed by atoms with van der Waals surface area (Å²) in [4.78, 5) is 16.2. The first-order chi connectivity index (χ1) is 11.1. The first kappa shape index (κ1) is 17.4. The molecule has 1 amide bonds. The van der Waals surface area contributed by atoms with Crippen LogP contribution >= 0.6 is 15.9 Å². The van der Waals surface area contributed by atoms with Gasteiger partial charge in [0.05, 0.1) is 5.56 Å². The van der Waals surface area contributed by atoms with E-state index in [2.05, 4.69) is 31.5 Å². The number of nitrogens with zero attached hydrogens (tertiary/aromatic N) is 1. The van der Waals surface area contributed by atoms with Crippen LogP contribution in [-0.2, 0) is 4.74 Å². The van der Waals surface area contributed by atoms with Crippen LogP contribution < -0.4 is 10.6 Å². The number of hydrogen-bond donors (Lipinski definition) is 2. The number of anilines is 2. The monoisotopic (exact) mass is 377 g/mol. The third kappa shape index (κ3) is 5.33. The lowest BCUT2D eigenvalue weighted by Gasteiger charge is -2.08. The molecular formula is C17H20BrN3O2. The average molecular weight is 378 g/mol. The molecule has 0 fully saturated rings. The Bertz CT molecular complexity index is 659. The van der Waals surface area contributed by atoms with E-state index in [1.807, 2.05) is 25.1 Å². The van der Waals surface area contributed by atoms with Crippen molar-refractivity contribution in [2.75, 3.05) is 25.6 Å². The summed E-state index contributed by atoms with van der Waals surface area (Å²) in [5, 5.41) is 6.04. The maximum absolute atomic E-state index is 11.9. The zero-order chi connectivity index (χ0) is 16.7. The molecule has 0 bridgehead atoms. The molecule has 0 radical (unpaired) electrons. The first-order valence-electron chi connectivity index (χ1n) is 7.36. The van der Waals surface area contributed by atoms with Gasteiger partial charge in [-0.15, -0.1) is 0 Å². The predicted octanol–water partition coefficient (Wildman–Crippen LogP) is 3.66. The van der Waals surface area contributed by atoms with E-state index in [4.69, 9.17) is 4.74 Å². The van der Waals surface area contributed by atoms with Gasteiger partial charge in [0.15, 0.2) is 0 Å². The Morgan fingerprint density at radius 1 is 1.30 bits per heavy atom. The molecule has 0 spiro atoms. The van der Waals surface area contributed by atoms with Crippen molar-refractivity contribution in [2.24, 2.45) is 0 Å². The third-order valence-corrected chi connectivity index (χ3v) is 4.14. The number of aryl methyl sites for hydroxylation is 1. The molecule has 0 atom stereocenters. The van der Waals surface area contributed by atoms with Crippen LogP contribution in [0.25, 0.3) is 0 Å². The molecule has 5 nitrogen and oxygen atoms in total. The molecule has 1 heterocycles. The van der Waals surface area contributed by atoms with E-state index in [1.54, 1.807) is 25.4 Å². The van der Waals surface area contributed by atoms with Crippen LogP contribution in [0.15, 0.2) is 41.0 Å². The van der Waals surface area contributed by atoms with Crippen LogP contribution in [0.4, 0.5) is 11.5 Å². The highest BCUT2D eigenvalue weighted by Gasteiger charge is 2.06. The molecule has 1 aromatic carbocycles. The van der Waals surface area contributed by atoms with Crippen molar-refractivity contribution in [3.8, 4) is 0 Å². The van der Waals surface area contributed by atoms with Gasteiger partial charge in [0.2, 0.25) is 0 Å². The van der Waals surface area contributed by atoms with E-state index in [1.165, 1.54) is 5.56 Å². The summed E-state index contributed by atoms with van der Waals surface area (Å²) >= 11 is 3.50. The Labute approximate surface area is 144 Å². The highest BCUT2D eigenvalue weighted by Crippen LogP contribution is 2.22. The van der Waals surface area contributed by atoms with Crippen LogP contribution in [0.1, 0.15) is 22.3 Å². The lowest BCUT2D eigenvalue weighted by atomic mass is 10.2. The highest BCUT2D eigenvalue weighted by atomic mass is 79.9. The number of amides is 1. The fourth-order valence-electron chi connectivity index (χ4n) is 1.94. The smallest absolute Gasteiger partial charge is 0.252 e. The Morgan fingerprint density at radius 2 is 2.13 bits per heavy atom. The average Bonchev–Trinajstić information content (AvgIpc) is 2.55. The number of methoxy groups -OCH3 is 1. The van der Waals surface area contributed by atoms with Crippen LogP contribution in [0.5, 0.6) is 0 Å². The second kappa shape index (κ2) is 8.64. The van der Waals surface area contributed by atoms with Gasteiger partial charge in [-0.3, -0.25) is 4.79 Å². The minimum Gasteiger partial charge on any atom is -0.385 e. The minimum absolute atomic E-state index is 0.127. The minimum atomic E-state index is -0.127. The highest BCUT2D eigenvalue weighted by molar-refractivity contribution is 9.10. The van der Waals surface area contributed by atoms with Gasteiger partial charge in [-0.2, -0.15) is 0 Å². The maximum atomic E-state index is 11.9. The summed E-state index contributed by atoms with van der Waals surface area (Å²) in [6, 6.07) is 9.54. The van der Waals surface area contributed by atoms with E-state index in [9.17, 15) is 4.79 Å². The largest absolute Gasteiger partial charge is 0.385 e. The molecule has 0 saturated carbocycles. The van der Waals surface area contributed by atoms with Gasteiger partial charge >= 0.3 is 0 Å². The van der Waals surface area contributed by atoms with Crippen molar-refractivity contribution in [3.05, 3.63) is 52.1 Å². The Balaban J connectivity index is 1.93. The third-order valence-electron chi connectivity index (χ3n) is 3.28. The Kier molecular flexibility index (Phi) is 6.55. The molecule has 0 saturated heterocycles. The Hall–Kier alpha value is -1.92. The SMILES string of the molecule is COCCCNC(=O)c1ccc(Nc2ccc(C)c(Br)c2)nc1. The van der Waals surface area contributed by atoms with Crippen molar-refractivity contribution in [1.82, 2.24) is 10.3 Å². The lowest BCUT2D eigenvalue weighted by molar-refractivity contribution is 0.0948. The number of ether oxygens (including phenoxy) is 1. The summed E-state index contributed by atoms with van der Waals surface area (Å²) in [7, 11) is 1.64. The molecular weight excluding hydrogens is 358 g/mol. The number of benzene rings is 1. The van der Waals surface area contributed by atoms with E-state index in [-0.39, 0.29) is 5.91 Å². The molecule has 0 aliphatic rings. The van der Waals surface area contributed by atoms with Gasteiger partial charge in [-0.25, -0.2) is 4.98 Å². The van der Waals surface area contributed by atoms with E-state index >= 15 is 0 Å². The van der Waals surface area contributed by atoms with E-state index in [0.29, 0.717) is 24.5 Å². The number of hydrogen-bond acceptors (Lipinski definition) is 4.